The lowest BCUT2D eigenvalue weighted by molar-refractivity contribution is -0.901. The van der Waals surface area contributed by atoms with Crippen LogP contribution < -0.4 is 0 Å². The van der Waals surface area contributed by atoms with E-state index in [1.165, 1.54) is 14.0 Å². The maximum atomic E-state index is 13.9. The molecule has 3 aliphatic heterocycles. The maximum absolute atomic E-state index is 13.9. The summed E-state index contributed by atoms with van der Waals surface area (Å²) in [6.45, 7) is 3.89. The molecule has 0 N–H and O–H groups in total. The van der Waals surface area contributed by atoms with E-state index in [0.29, 0.717) is 25.9 Å². The Kier molecular flexibility index (Phi) is 4.05. The molecule has 1 unspecified atom stereocenters. The van der Waals surface area contributed by atoms with Gasteiger partial charge in [-0.15, -0.1) is 0 Å². The number of piperidine rings is 2. The number of rotatable bonds is 3. The molecule has 0 spiro atoms. The molecule has 1 aromatic rings. The highest BCUT2D eigenvalue weighted by Gasteiger charge is 2.76. The van der Waals surface area contributed by atoms with Crippen LogP contribution in [0.25, 0.3) is 0 Å². The standard InChI is InChI=1S/C23H26N2O5/c1-4-15-12-25(28)10-9-22-16-7-5-6-8-18(16)24-20(22)19(25)11-17(15)23(22,21(27)29-3)13-30-14(2)26/h4-8,17,19H,9-13H2,1-3H3/b15-4-/t17-,19+,22-,23+,25?/m1/s1. The number of quaternary nitrogens is 1. The Morgan fingerprint density at radius 2 is 2.13 bits per heavy atom. The summed E-state index contributed by atoms with van der Waals surface area (Å²) in [5, 5.41) is 13.9. The Labute approximate surface area is 175 Å². The minimum absolute atomic E-state index is 0.0874. The van der Waals surface area contributed by atoms with Crippen LogP contribution in [0.1, 0.15) is 32.3 Å². The van der Waals surface area contributed by atoms with Gasteiger partial charge in [-0.25, -0.2) is 0 Å². The topological polar surface area (TPSA) is 88.0 Å². The average molecular weight is 410 g/mol. The third-order valence-corrected chi connectivity index (χ3v) is 7.93. The van der Waals surface area contributed by atoms with E-state index in [0.717, 1.165) is 22.5 Å². The molecule has 30 heavy (non-hydrogen) atoms. The molecule has 4 aliphatic rings. The molecule has 7 heteroatoms. The third kappa shape index (κ3) is 2.09. The van der Waals surface area contributed by atoms with Crippen LogP contribution in [-0.2, 0) is 24.5 Å². The Morgan fingerprint density at radius 1 is 1.37 bits per heavy atom. The molecule has 1 saturated carbocycles. The number of allylic oxidation sites excluding steroid dienone is 1. The lowest BCUT2D eigenvalue weighted by Crippen LogP contribution is -2.79. The Balaban J connectivity index is 1.85. The maximum Gasteiger partial charge on any atom is 0.317 e. The van der Waals surface area contributed by atoms with Gasteiger partial charge in [0.2, 0.25) is 0 Å². The van der Waals surface area contributed by atoms with E-state index in [1.807, 2.05) is 37.3 Å². The highest BCUT2D eigenvalue weighted by atomic mass is 16.6. The fourth-order valence-corrected chi connectivity index (χ4v) is 6.74. The molecule has 1 aromatic carbocycles. The lowest BCUT2D eigenvalue weighted by Gasteiger charge is -2.68. The molecular formula is C23H26N2O5. The molecule has 158 valence electrons. The van der Waals surface area contributed by atoms with Gasteiger partial charge in [-0.2, -0.15) is 0 Å². The first-order valence-corrected chi connectivity index (χ1v) is 10.5. The quantitative estimate of drug-likeness (QED) is 0.331. The van der Waals surface area contributed by atoms with Crippen LogP contribution in [0, 0.1) is 16.5 Å². The minimum Gasteiger partial charge on any atom is -0.632 e. The molecule has 7 nitrogen and oxygen atoms in total. The fraction of sp³-hybridized carbons (Fsp3) is 0.522. The van der Waals surface area contributed by atoms with Crippen molar-refractivity contribution in [1.82, 2.24) is 0 Å². The Morgan fingerprint density at radius 3 is 2.83 bits per heavy atom. The van der Waals surface area contributed by atoms with Crippen LogP contribution in [0.4, 0.5) is 5.69 Å². The lowest BCUT2D eigenvalue weighted by atomic mass is 9.43. The second kappa shape index (κ2) is 6.25. The summed E-state index contributed by atoms with van der Waals surface area (Å²) in [5.41, 5.74) is 1.50. The number of hydrogen-bond donors (Lipinski definition) is 0. The number of hydroxylamine groups is 3. The molecule has 0 amide bonds. The van der Waals surface area contributed by atoms with E-state index in [2.05, 4.69) is 0 Å². The van der Waals surface area contributed by atoms with Crippen molar-refractivity contribution in [1.29, 1.82) is 0 Å². The summed E-state index contributed by atoms with van der Waals surface area (Å²) in [7, 11) is 1.38. The Bertz CT molecular complexity index is 1020. The molecular weight excluding hydrogens is 384 g/mol. The van der Waals surface area contributed by atoms with E-state index in [9.17, 15) is 14.8 Å². The molecule has 2 saturated heterocycles. The van der Waals surface area contributed by atoms with E-state index < -0.39 is 22.8 Å². The van der Waals surface area contributed by atoms with Gasteiger partial charge in [-0.05, 0) is 24.1 Å². The zero-order chi connectivity index (χ0) is 21.3. The predicted molar refractivity (Wildman–Crippen MR) is 110 cm³/mol. The van der Waals surface area contributed by atoms with E-state index in [4.69, 9.17) is 14.5 Å². The molecule has 0 aromatic heterocycles. The number of benzene rings is 1. The minimum atomic E-state index is -1.15. The van der Waals surface area contributed by atoms with Crippen molar-refractivity contribution in [2.24, 2.45) is 16.3 Å². The number of ether oxygens (including phenoxy) is 2. The number of hydrogen-bond acceptors (Lipinski definition) is 6. The van der Waals surface area contributed by atoms with Crippen molar-refractivity contribution in [2.75, 3.05) is 26.8 Å². The number of fused-ring (bicyclic) bond motifs is 2. The molecule has 5 atom stereocenters. The van der Waals surface area contributed by atoms with Crippen molar-refractivity contribution >= 4 is 23.3 Å². The van der Waals surface area contributed by atoms with Crippen molar-refractivity contribution in [3.63, 3.8) is 0 Å². The van der Waals surface area contributed by atoms with Gasteiger partial charge in [0.25, 0.3) is 0 Å². The summed E-state index contributed by atoms with van der Waals surface area (Å²) >= 11 is 0. The van der Waals surface area contributed by atoms with Crippen LogP contribution in [0.3, 0.4) is 0 Å². The fourth-order valence-electron chi connectivity index (χ4n) is 6.74. The van der Waals surface area contributed by atoms with Crippen LogP contribution in [0.2, 0.25) is 0 Å². The van der Waals surface area contributed by atoms with Crippen molar-refractivity contribution < 1.29 is 23.7 Å². The number of carbonyl (C=O) groups excluding carboxylic acids is 2. The highest BCUT2D eigenvalue weighted by Crippen LogP contribution is 2.67. The van der Waals surface area contributed by atoms with Crippen molar-refractivity contribution in [3.8, 4) is 0 Å². The monoisotopic (exact) mass is 410 g/mol. The summed E-state index contributed by atoms with van der Waals surface area (Å²) in [6, 6.07) is 7.49. The normalized spacial score (nSPS) is 39.2. The van der Waals surface area contributed by atoms with Crippen molar-refractivity contribution in [2.45, 2.75) is 38.1 Å². The summed E-state index contributed by atoms with van der Waals surface area (Å²) < 4.78 is 10.7. The van der Waals surface area contributed by atoms with Crippen LogP contribution in [0.15, 0.2) is 40.9 Å². The first-order valence-electron chi connectivity index (χ1n) is 10.5. The predicted octanol–water partition coefficient (Wildman–Crippen LogP) is 2.80. The number of nitrogens with zero attached hydrogens (tertiary/aromatic N) is 2. The number of methoxy groups -OCH3 is 1. The number of aliphatic imine (C=N–C) groups is 1. The summed E-state index contributed by atoms with van der Waals surface area (Å²) in [6.07, 6.45) is 2.94. The number of carbonyl (C=O) groups is 2. The van der Waals surface area contributed by atoms with Gasteiger partial charge in [0.15, 0.2) is 0 Å². The van der Waals surface area contributed by atoms with Gasteiger partial charge >= 0.3 is 11.9 Å². The van der Waals surface area contributed by atoms with Crippen LogP contribution in [0.5, 0.6) is 0 Å². The SMILES string of the molecule is C/C=C1/C[N+]2([O-])CC[C@]34C(=Nc5ccccc53)[C@@H]2C[C@H]1[C@@]4(COC(C)=O)C(=O)OC. The van der Waals surface area contributed by atoms with Crippen LogP contribution >= 0.6 is 0 Å². The zero-order valence-electron chi connectivity index (χ0n) is 17.5. The van der Waals surface area contributed by atoms with E-state index >= 15 is 0 Å². The van der Waals surface area contributed by atoms with Gasteiger partial charge in [0, 0.05) is 25.7 Å². The van der Waals surface area contributed by atoms with Gasteiger partial charge in [0.05, 0.1) is 30.5 Å². The first kappa shape index (κ1) is 19.5. The molecule has 3 fully saturated rings. The molecule has 3 heterocycles. The van der Waals surface area contributed by atoms with Crippen LogP contribution in [-0.4, -0.2) is 55.1 Å². The molecule has 0 radical (unpaired) electrons. The van der Waals surface area contributed by atoms with Gasteiger partial charge < -0.3 is 19.3 Å². The molecule has 3 bridgehead atoms. The summed E-state index contributed by atoms with van der Waals surface area (Å²) in [4.78, 5) is 30.5. The Hall–Kier alpha value is -2.51. The van der Waals surface area contributed by atoms with Gasteiger partial charge in [-0.3, -0.25) is 14.6 Å². The second-order valence-electron chi connectivity index (χ2n) is 8.91. The van der Waals surface area contributed by atoms with E-state index in [1.54, 1.807) is 0 Å². The largest absolute Gasteiger partial charge is 0.632 e. The second-order valence-corrected chi connectivity index (χ2v) is 8.91. The van der Waals surface area contributed by atoms with Gasteiger partial charge in [0.1, 0.15) is 24.6 Å². The molecule has 1 aliphatic carbocycles. The molecule has 5 rings (SSSR count). The highest BCUT2D eigenvalue weighted by molar-refractivity contribution is 6.10. The number of esters is 2. The first-order chi connectivity index (χ1) is 14.3. The van der Waals surface area contributed by atoms with Gasteiger partial charge in [-0.1, -0.05) is 24.3 Å². The summed E-state index contributed by atoms with van der Waals surface area (Å²) in [5.74, 6) is -1.09. The smallest absolute Gasteiger partial charge is 0.317 e. The third-order valence-electron chi connectivity index (χ3n) is 7.93. The van der Waals surface area contributed by atoms with Crippen molar-refractivity contribution in [3.05, 3.63) is 46.7 Å². The van der Waals surface area contributed by atoms with E-state index in [-0.39, 0.29) is 23.2 Å². The zero-order valence-corrected chi connectivity index (χ0v) is 17.5. The number of para-hydroxylation sites is 1. The average Bonchev–Trinajstić information content (AvgIpc) is 3.09.